The Morgan fingerprint density at radius 1 is 1.45 bits per heavy atom. The van der Waals surface area contributed by atoms with Gasteiger partial charge in [0.25, 0.3) is 0 Å². The van der Waals surface area contributed by atoms with Crippen LogP contribution in [0.2, 0.25) is 0 Å². The van der Waals surface area contributed by atoms with Crippen LogP contribution >= 0.6 is 0 Å². The molecule has 1 N–H and O–H groups in total. The summed E-state index contributed by atoms with van der Waals surface area (Å²) in [5.74, 6) is 0.608. The quantitative estimate of drug-likeness (QED) is 0.934. The summed E-state index contributed by atoms with van der Waals surface area (Å²) in [5.41, 5.74) is 1.29. The third-order valence-corrected chi connectivity index (χ3v) is 3.97. The molecule has 4 nitrogen and oxygen atoms in total. The fraction of sp³-hybridized carbons (Fsp3) is 0.533. The van der Waals surface area contributed by atoms with Gasteiger partial charge in [-0.25, -0.2) is 9.37 Å². The van der Waals surface area contributed by atoms with E-state index in [4.69, 9.17) is 0 Å². The zero-order valence-corrected chi connectivity index (χ0v) is 11.7. The Labute approximate surface area is 117 Å². The van der Waals surface area contributed by atoms with Gasteiger partial charge in [-0.3, -0.25) is 4.90 Å². The number of imidazole rings is 1. The number of aromatic nitrogens is 2. The number of β-amino-alcohol motifs (C(OH)–C–C–N with tert-alkyl or cyclic N) is 1. The standard InChI is InChI=1S/C15H20FN3O/c1-2-19-13-7-3-6-12(16)15(13)17-14(19)10-18-8-4-5-11(20)9-18/h3,6-7,11,20H,2,4-5,8-10H2,1H3. The number of halogens is 1. The largest absolute Gasteiger partial charge is 0.392 e. The van der Waals surface area contributed by atoms with E-state index >= 15 is 0 Å². The van der Waals surface area contributed by atoms with Gasteiger partial charge >= 0.3 is 0 Å². The third kappa shape index (κ3) is 2.43. The minimum atomic E-state index is -0.269. The first kappa shape index (κ1) is 13.5. The van der Waals surface area contributed by atoms with Crippen molar-refractivity contribution >= 4 is 11.0 Å². The first-order chi connectivity index (χ1) is 9.69. The van der Waals surface area contributed by atoms with Crippen LogP contribution in [0, 0.1) is 5.82 Å². The Kier molecular flexibility index (Phi) is 3.72. The third-order valence-electron chi connectivity index (χ3n) is 3.97. The minimum Gasteiger partial charge on any atom is -0.392 e. The second-order valence-electron chi connectivity index (χ2n) is 5.41. The van der Waals surface area contributed by atoms with E-state index in [2.05, 4.69) is 14.5 Å². The van der Waals surface area contributed by atoms with Gasteiger partial charge in [-0.05, 0) is 38.4 Å². The van der Waals surface area contributed by atoms with Crippen LogP contribution in [-0.4, -0.2) is 38.8 Å². The van der Waals surface area contributed by atoms with Crippen molar-refractivity contribution in [3.63, 3.8) is 0 Å². The molecule has 2 heterocycles. The lowest BCUT2D eigenvalue weighted by Gasteiger charge is -2.29. The number of hydrogen-bond donors (Lipinski definition) is 1. The Morgan fingerprint density at radius 3 is 3.05 bits per heavy atom. The van der Waals surface area contributed by atoms with Crippen molar-refractivity contribution in [3.05, 3.63) is 29.8 Å². The molecule has 2 aromatic rings. The molecule has 20 heavy (non-hydrogen) atoms. The normalized spacial score (nSPS) is 20.6. The maximum absolute atomic E-state index is 13.8. The summed E-state index contributed by atoms with van der Waals surface area (Å²) >= 11 is 0. The van der Waals surface area contributed by atoms with Crippen LogP contribution in [0.25, 0.3) is 11.0 Å². The van der Waals surface area contributed by atoms with Crippen LogP contribution in [0.1, 0.15) is 25.6 Å². The predicted molar refractivity (Wildman–Crippen MR) is 75.9 cm³/mol. The number of likely N-dealkylation sites (tertiary alicyclic amines) is 1. The number of nitrogens with zero attached hydrogens (tertiary/aromatic N) is 3. The highest BCUT2D eigenvalue weighted by Crippen LogP contribution is 2.21. The maximum Gasteiger partial charge on any atom is 0.151 e. The molecule has 0 radical (unpaired) electrons. The fourth-order valence-corrected chi connectivity index (χ4v) is 3.01. The fourth-order valence-electron chi connectivity index (χ4n) is 3.01. The SMILES string of the molecule is CCn1c(CN2CCCC(O)C2)nc2c(F)cccc21. The molecular formula is C15H20FN3O. The number of aryl methyl sites for hydroxylation is 1. The van der Waals surface area contributed by atoms with Gasteiger partial charge in [-0.15, -0.1) is 0 Å². The Bertz CT molecular complexity index is 610. The van der Waals surface area contributed by atoms with Crippen molar-refractivity contribution in [1.82, 2.24) is 14.5 Å². The van der Waals surface area contributed by atoms with E-state index in [0.717, 1.165) is 37.3 Å². The molecule has 1 aliphatic rings. The van der Waals surface area contributed by atoms with Gasteiger partial charge in [0.05, 0.1) is 18.2 Å². The number of aliphatic hydroxyl groups is 1. The number of benzene rings is 1. The summed E-state index contributed by atoms with van der Waals surface area (Å²) < 4.78 is 15.9. The number of aliphatic hydroxyl groups excluding tert-OH is 1. The molecule has 1 aromatic heterocycles. The van der Waals surface area contributed by atoms with Crippen LogP contribution < -0.4 is 0 Å². The van der Waals surface area contributed by atoms with Gasteiger partial charge in [-0.2, -0.15) is 0 Å². The van der Waals surface area contributed by atoms with Gasteiger partial charge in [0, 0.05) is 13.1 Å². The maximum atomic E-state index is 13.8. The molecule has 0 amide bonds. The zero-order chi connectivity index (χ0) is 14.1. The first-order valence-electron chi connectivity index (χ1n) is 7.23. The van der Waals surface area contributed by atoms with E-state index in [1.807, 2.05) is 13.0 Å². The molecule has 1 aromatic carbocycles. The van der Waals surface area contributed by atoms with Crippen molar-refractivity contribution in [2.45, 2.75) is 39.0 Å². The summed E-state index contributed by atoms with van der Waals surface area (Å²) in [7, 11) is 0. The zero-order valence-electron chi connectivity index (χ0n) is 11.7. The lowest BCUT2D eigenvalue weighted by Crippen LogP contribution is -2.38. The number of piperidine rings is 1. The minimum absolute atomic E-state index is 0.250. The van der Waals surface area contributed by atoms with Crippen molar-refractivity contribution in [1.29, 1.82) is 0 Å². The Balaban J connectivity index is 1.92. The summed E-state index contributed by atoms with van der Waals surface area (Å²) in [4.78, 5) is 6.66. The first-order valence-corrected chi connectivity index (χ1v) is 7.23. The van der Waals surface area contributed by atoms with Gasteiger partial charge in [0.1, 0.15) is 11.3 Å². The molecule has 5 heteroatoms. The van der Waals surface area contributed by atoms with Crippen LogP contribution in [0.3, 0.4) is 0 Å². The summed E-state index contributed by atoms with van der Waals surface area (Å²) in [5, 5.41) is 9.74. The van der Waals surface area contributed by atoms with Crippen molar-refractivity contribution in [2.75, 3.05) is 13.1 Å². The van der Waals surface area contributed by atoms with E-state index in [0.29, 0.717) is 18.6 Å². The second-order valence-corrected chi connectivity index (χ2v) is 5.41. The molecule has 108 valence electrons. The Morgan fingerprint density at radius 2 is 2.30 bits per heavy atom. The average Bonchev–Trinajstić information content (AvgIpc) is 2.77. The number of fused-ring (bicyclic) bond motifs is 1. The molecular weight excluding hydrogens is 257 g/mol. The van der Waals surface area contributed by atoms with Gasteiger partial charge in [0.15, 0.2) is 5.82 Å². The summed E-state index contributed by atoms with van der Waals surface area (Å²) in [6, 6.07) is 5.08. The summed E-state index contributed by atoms with van der Waals surface area (Å²) in [6.07, 6.45) is 1.62. The smallest absolute Gasteiger partial charge is 0.151 e. The van der Waals surface area contributed by atoms with Gasteiger partial charge in [-0.1, -0.05) is 6.07 Å². The molecule has 1 aliphatic heterocycles. The molecule has 0 saturated carbocycles. The molecule has 0 spiro atoms. The highest BCUT2D eigenvalue weighted by atomic mass is 19.1. The van der Waals surface area contributed by atoms with E-state index in [9.17, 15) is 9.50 Å². The highest BCUT2D eigenvalue weighted by Gasteiger charge is 2.20. The van der Waals surface area contributed by atoms with Crippen molar-refractivity contribution in [2.24, 2.45) is 0 Å². The molecule has 1 fully saturated rings. The lowest BCUT2D eigenvalue weighted by molar-refractivity contribution is 0.0650. The highest BCUT2D eigenvalue weighted by molar-refractivity contribution is 5.76. The Hall–Kier alpha value is -1.46. The van der Waals surface area contributed by atoms with Crippen molar-refractivity contribution < 1.29 is 9.50 Å². The van der Waals surface area contributed by atoms with Crippen LogP contribution in [-0.2, 0) is 13.1 Å². The second kappa shape index (κ2) is 5.50. The monoisotopic (exact) mass is 277 g/mol. The van der Waals surface area contributed by atoms with E-state index in [1.165, 1.54) is 6.07 Å². The lowest BCUT2D eigenvalue weighted by atomic mass is 10.1. The summed E-state index contributed by atoms with van der Waals surface area (Å²) in [6.45, 7) is 5.12. The topological polar surface area (TPSA) is 41.3 Å². The van der Waals surface area contributed by atoms with Crippen LogP contribution in [0.4, 0.5) is 4.39 Å². The molecule has 0 aliphatic carbocycles. The molecule has 1 unspecified atom stereocenters. The molecule has 0 bridgehead atoms. The number of rotatable bonds is 3. The molecule has 1 atom stereocenters. The van der Waals surface area contributed by atoms with Gasteiger partial charge < -0.3 is 9.67 Å². The average molecular weight is 277 g/mol. The van der Waals surface area contributed by atoms with Gasteiger partial charge in [0.2, 0.25) is 0 Å². The van der Waals surface area contributed by atoms with E-state index in [1.54, 1.807) is 6.07 Å². The number of hydrogen-bond acceptors (Lipinski definition) is 3. The van der Waals surface area contributed by atoms with E-state index in [-0.39, 0.29) is 11.9 Å². The molecule has 3 rings (SSSR count). The van der Waals surface area contributed by atoms with Crippen LogP contribution in [0.5, 0.6) is 0 Å². The number of para-hydroxylation sites is 1. The van der Waals surface area contributed by atoms with E-state index < -0.39 is 0 Å². The van der Waals surface area contributed by atoms with Crippen molar-refractivity contribution in [3.8, 4) is 0 Å². The van der Waals surface area contributed by atoms with Crippen LogP contribution in [0.15, 0.2) is 18.2 Å². The molecule has 1 saturated heterocycles. The predicted octanol–water partition coefficient (Wildman–Crippen LogP) is 2.15.